The average Bonchev–Trinajstić information content (AvgIpc) is 2.36. The Labute approximate surface area is 112 Å². The Morgan fingerprint density at radius 1 is 1.00 bits per heavy atom. The van der Waals surface area contributed by atoms with Gasteiger partial charge in [0.25, 0.3) is 0 Å². The largest absolute Gasteiger partial charge is 0.481 e. The summed E-state index contributed by atoms with van der Waals surface area (Å²) >= 11 is 0. The molecular formula is C16H17NO2. The summed E-state index contributed by atoms with van der Waals surface area (Å²) in [4.78, 5) is 10.6. The molecule has 0 bridgehead atoms. The number of aliphatic carboxylic acids is 1. The molecule has 19 heavy (non-hydrogen) atoms. The zero-order chi connectivity index (χ0) is 13.8. The van der Waals surface area contributed by atoms with Crippen LogP contribution in [-0.2, 0) is 11.2 Å². The maximum atomic E-state index is 10.6. The Bertz CT molecular complexity index is 588. The Kier molecular flexibility index (Phi) is 3.85. The van der Waals surface area contributed by atoms with E-state index in [4.69, 9.17) is 5.11 Å². The van der Waals surface area contributed by atoms with Gasteiger partial charge >= 0.3 is 5.97 Å². The van der Waals surface area contributed by atoms with Crippen LogP contribution in [0.25, 0.3) is 0 Å². The molecular weight excluding hydrogens is 238 g/mol. The first-order valence-electron chi connectivity index (χ1n) is 6.19. The summed E-state index contributed by atoms with van der Waals surface area (Å²) in [5.74, 6) is -0.810. The third-order valence-corrected chi connectivity index (χ3v) is 3.10. The van der Waals surface area contributed by atoms with Gasteiger partial charge in [0, 0.05) is 11.4 Å². The molecule has 0 fully saturated rings. The van der Waals surface area contributed by atoms with Gasteiger partial charge in [0.05, 0.1) is 6.42 Å². The van der Waals surface area contributed by atoms with E-state index >= 15 is 0 Å². The molecule has 3 heteroatoms. The molecule has 2 aromatic carbocycles. The van der Waals surface area contributed by atoms with E-state index in [1.807, 2.05) is 30.3 Å². The van der Waals surface area contributed by atoms with E-state index in [2.05, 4.69) is 31.3 Å². The lowest BCUT2D eigenvalue weighted by molar-refractivity contribution is -0.136. The summed E-state index contributed by atoms with van der Waals surface area (Å²) in [7, 11) is 0. The van der Waals surface area contributed by atoms with Crippen molar-refractivity contribution in [2.45, 2.75) is 20.3 Å². The minimum absolute atomic E-state index is 0.0594. The van der Waals surface area contributed by atoms with Gasteiger partial charge in [-0.3, -0.25) is 4.79 Å². The number of anilines is 2. The quantitative estimate of drug-likeness (QED) is 0.876. The molecule has 2 aromatic rings. The van der Waals surface area contributed by atoms with Crippen LogP contribution >= 0.6 is 0 Å². The second-order valence-electron chi connectivity index (χ2n) is 4.69. The number of rotatable bonds is 4. The fourth-order valence-electron chi connectivity index (χ4n) is 1.87. The predicted molar refractivity (Wildman–Crippen MR) is 77.0 cm³/mol. The van der Waals surface area contributed by atoms with Gasteiger partial charge in [-0.15, -0.1) is 0 Å². The molecule has 0 atom stereocenters. The van der Waals surface area contributed by atoms with Gasteiger partial charge in [0.1, 0.15) is 0 Å². The molecule has 0 radical (unpaired) electrons. The Morgan fingerprint density at radius 2 is 1.63 bits per heavy atom. The van der Waals surface area contributed by atoms with E-state index in [-0.39, 0.29) is 6.42 Å². The number of carboxylic acids is 1. The Morgan fingerprint density at radius 3 is 2.21 bits per heavy atom. The summed E-state index contributed by atoms with van der Waals surface area (Å²) in [6.07, 6.45) is 0.0594. The lowest BCUT2D eigenvalue weighted by Crippen LogP contribution is -2.00. The van der Waals surface area contributed by atoms with Crippen molar-refractivity contribution in [1.29, 1.82) is 0 Å². The van der Waals surface area contributed by atoms with Gasteiger partial charge in [-0.1, -0.05) is 18.2 Å². The lowest BCUT2D eigenvalue weighted by atomic mass is 10.1. The van der Waals surface area contributed by atoms with Gasteiger partial charge in [0.15, 0.2) is 0 Å². The standard InChI is InChI=1S/C16H17NO2/c1-11-3-6-15(9-12(11)2)17-14-7-4-13(5-8-14)10-16(18)19/h3-9,17H,10H2,1-2H3,(H,18,19). The third kappa shape index (κ3) is 3.58. The van der Waals surface area contributed by atoms with Crippen molar-refractivity contribution in [2.75, 3.05) is 5.32 Å². The SMILES string of the molecule is Cc1ccc(Nc2ccc(CC(=O)O)cc2)cc1C. The Hall–Kier alpha value is -2.29. The van der Waals surface area contributed by atoms with Crippen molar-refractivity contribution in [2.24, 2.45) is 0 Å². The molecule has 0 spiro atoms. The first-order chi connectivity index (χ1) is 9.04. The van der Waals surface area contributed by atoms with Gasteiger partial charge in [0.2, 0.25) is 0 Å². The minimum Gasteiger partial charge on any atom is -0.481 e. The number of benzene rings is 2. The van der Waals surface area contributed by atoms with Gasteiger partial charge < -0.3 is 10.4 Å². The molecule has 0 unspecified atom stereocenters. The molecule has 0 saturated carbocycles. The monoisotopic (exact) mass is 255 g/mol. The number of carbonyl (C=O) groups is 1. The van der Waals surface area contributed by atoms with Crippen LogP contribution in [0.1, 0.15) is 16.7 Å². The molecule has 2 rings (SSSR count). The van der Waals surface area contributed by atoms with E-state index < -0.39 is 5.97 Å². The highest BCUT2D eigenvalue weighted by Gasteiger charge is 2.01. The van der Waals surface area contributed by atoms with Crippen molar-refractivity contribution in [3.05, 3.63) is 59.2 Å². The van der Waals surface area contributed by atoms with Gasteiger partial charge in [-0.25, -0.2) is 0 Å². The zero-order valence-corrected chi connectivity index (χ0v) is 11.1. The number of carboxylic acid groups (broad SMARTS) is 1. The van der Waals surface area contributed by atoms with Crippen LogP contribution in [0.15, 0.2) is 42.5 Å². The smallest absolute Gasteiger partial charge is 0.307 e. The summed E-state index contributed by atoms with van der Waals surface area (Å²) in [6.45, 7) is 4.16. The molecule has 0 aliphatic heterocycles. The van der Waals surface area contributed by atoms with Crippen LogP contribution in [0.2, 0.25) is 0 Å². The van der Waals surface area contributed by atoms with E-state index in [9.17, 15) is 4.79 Å². The summed E-state index contributed by atoms with van der Waals surface area (Å²) in [5, 5.41) is 12.0. The third-order valence-electron chi connectivity index (χ3n) is 3.10. The summed E-state index contributed by atoms with van der Waals surface area (Å²) < 4.78 is 0. The van der Waals surface area contributed by atoms with E-state index in [0.29, 0.717) is 0 Å². The Balaban J connectivity index is 2.10. The fraction of sp³-hybridized carbons (Fsp3) is 0.188. The molecule has 0 aliphatic carbocycles. The molecule has 0 heterocycles. The van der Waals surface area contributed by atoms with Crippen molar-refractivity contribution >= 4 is 17.3 Å². The van der Waals surface area contributed by atoms with E-state index in [0.717, 1.165) is 16.9 Å². The molecule has 0 aromatic heterocycles. The first-order valence-corrected chi connectivity index (χ1v) is 6.19. The fourth-order valence-corrected chi connectivity index (χ4v) is 1.87. The maximum Gasteiger partial charge on any atom is 0.307 e. The number of aryl methyl sites for hydroxylation is 2. The second-order valence-corrected chi connectivity index (χ2v) is 4.69. The number of hydrogen-bond acceptors (Lipinski definition) is 2. The van der Waals surface area contributed by atoms with Crippen LogP contribution in [0, 0.1) is 13.8 Å². The van der Waals surface area contributed by atoms with Gasteiger partial charge in [-0.2, -0.15) is 0 Å². The van der Waals surface area contributed by atoms with Crippen molar-refractivity contribution < 1.29 is 9.90 Å². The lowest BCUT2D eigenvalue weighted by Gasteiger charge is -2.09. The molecule has 0 amide bonds. The van der Waals surface area contributed by atoms with Crippen molar-refractivity contribution in [3.63, 3.8) is 0 Å². The molecule has 2 N–H and O–H groups in total. The zero-order valence-electron chi connectivity index (χ0n) is 11.1. The maximum absolute atomic E-state index is 10.6. The average molecular weight is 255 g/mol. The predicted octanol–water partition coefficient (Wildman–Crippen LogP) is 3.67. The van der Waals surface area contributed by atoms with E-state index in [1.54, 1.807) is 0 Å². The van der Waals surface area contributed by atoms with Crippen LogP contribution in [0.3, 0.4) is 0 Å². The second kappa shape index (κ2) is 5.57. The number of nitrogens with one attached hydrogen (secondary N) is 1. The van der Waals surface area contributed by atoms with Gasteiger partial charge in [-0.05, 0) is 54.8 Å². The molecule has 0 aliphatic rings. The number of hydrogen-bond donors (Lipinski definition) is 2. The van der Waals surface area contributed by atoms with Crippen LogP contribution in [0.5, 0.6) is 0 Å². The first kappa shape index (κ1) is 13.1. The summed E-state index contributed by atoms with van der Waals surface area (Å²) in [5.41, 5.74) is 5.31. The summed E-state index contributed by atoms with van der Waals surface area (Å²) in [6, 6.07) is 13.7. The molecule has 0 saturated heterocycles. The van der Waals surface area contributed by atoms with Crippen LogP contribution in [-0.4, -0.2) is 11.1 Å². The molecule has 3 nitrogen and oxygen atoms in total. The molecule has 98 valence electrons. The van der Waals surface area contributed by atoms with Crippen molar-refractivity contribution in [3.8, 4) is 0 Å². The highest BCUT2D eigenvalue weighted by Crippen LogP contribution is 2.20. The van der Waals surface area contributed by atoms with Crippen LogP contribution in [0.4, 0.5) is 11.4 Å². The topological polar surface area (TPSA) is 49.3 Å². The highest BCUT2D eigenvalue weighted by atomic mass is 16.4. The normalized spacial score (nSPS) is 10.2. The van der Waals surface area contributed by atoms with Crippen molar-refractivity contribution in [1.82, 2.24) is 0 Å². The van der Waals surface area contributed by atoms with E-state index in [1.165, 1.54) is 11.1 Å². The highest BCUT2D eigenvalue weighted by molar-refractivity contribution is 5.70. The van der Waals surface area contributed by atoms with Crippen LogP contribution < -0.4 is 5.32 Å². The minimum atomic E-state index is -0.810.